The summed E-state index contributed by atoms with van der Waals surface area (Å²) >= 11 is 0. The van der Waals surface area contributed by atoms with Gasteiger partial charge in [0.1, 0.15) is 5.76 Å². The molecule has 2 N–H and O–H groups in total. The summed E-state index contributed by atoms with van der Waals surface area (Å²) in [6.45, 7) is 17.4. The Balaban J connectivity index is 2.14. The lowest BCUT2D eigenvalue weighted by Crippen LogP contribution is -2.57. The summed E-state index contributed by atoms with van der Waals surface area (Å²) in [7, 11) is 0. The lowest BCUT2D eigenvalue weighted by atomic mass is 9.98. The topological polar surface area (TPSA) is 38.7 Å². The van der Waals surface area contributed by atoms with E-state index in [9.17, 15) is 5.11 Å². The number of piperidine rings is 1. The minimum absolute atomic E-state index is 0.335. The molecule has 0 aromatic rings. The van der Waals surface area contributed by atoms with Crippen LogP contribution >= 0.6 is 0 Å². The number of piperazine rings is 1. The smallest absolute Gasteiger partial charge is 0.139 e. The van der Waals surface area contributed by atoms with Crippen molar-refractivity contribution in [2.24, 2.45) is 0 Å². The molecule has 1 atom stereocenters. The minimum Gasteiger partial charge on any atom is -0.506 e. The molecule has 2 heterocycles. The zero-order chi connectivity index (χ0) is 20.5. The highest BCUT2D eigenvalue weighted by Crippen LogP contribution is 2.26. The number of aliphatic hydroxyl groups is 1. The van der Waals surface area contributed by atoms with Crippen LogP contribution in [0.5, 0.6) is 0 Å². The van der Waals surface area contributed by atoms with Crippen molar-refractivity contribution in [1.82, 2.24) is 15.1 Å². The standard InChI is InChI=1S/C24H39N3O/c1-6-19(7-2)20(8-3)17-24(28)23(10-5)26-15-16-27(21(9-4)18-26)22-11-13-25-14-12-22/h6-8,10,17,21-22,25,28H,1,9,11-16,18H2,2-5H3/b19-7+,20-8+,23-10-,24-17+/t21-/m0/s1. The number of hydrogen-bond donors (Lipinski definition) is 2. The second kappa shape index (κ2) is 11.3. The van der Waals surface area contributed by atoms with Crippen molar-refractivity contribution in [3.05, 3.63) is 59.6 Å². The molecule has 0 aromatic heterocycles. The Morgan fingerprint density at radius 1 is 1.07 bits per heavy atom. The highest BCUT2D eigenvalue weighted by molar-refractivity contribution is 5.48. The van der Waals surface area contributed by atoms with E-state index in [2.05, 4.69) is 28.6 Å². The zero-order valence-corrected chi connectivity index (χ0v) is 18.2. The molecule has 2 aliphatic rings. The number of allylic oxidation sites excluding steroid dienone is 7. The molecule has 156 valence electrons. The van der Waals surface area contributed by atoms with Crippen molar-refractivity contribution in [1.29, 1.82) is 0 Å². The van der Waals surface area contributed by atoms with Crippen molar-refractivity contribution < 1.29 is 5.11 Å². The largest absolute Gasteiger partial charge is 0.506 e. The van der Waals surface area contributed by atoms with Gasteiger partial charge in [-0.15, -0.1) is 0 Å². The lowest BCUT2D eigenvalue weighted by Gasteiger charge is -2.47. The summed E-state index contributed by atoms with van der Waals surface area (Å²) in [4.78, 5) is 5.08. The second-order valence-electron chi connectivity index (χ2n) is 7.62. The van der Waals surface area contributed by atoms with Crippen LogP contribution in [0.25, 0.3) is 0 Å². The molecular formula is C24H39N3O. The molecule has 4 nitrogen and oxygen atoms in total. The van der Waals surface area contributed by atoms with Crippen molar-refractivity contribution in [2.75, 3.05) is 32.7 Å². The van der Waals surface area contributed by atoms with Crippen LogP contribution in [0.3, 0.4) is 0 Å². The average Bonchev–Trinajstić information content (AvgIpc) is 2.74. The fraction of sp³-hybridized carbons (Fsp3) is 0.583. The molecule has 4 heteroatoms. The van der Waals surface area contributed by atoms with Crippen LogP contribution in [0, 0.1) is 0 Å². The van der Waals surface area contributed by atoms with Gasteiger partial charge in [0, 0.05) is 31.7 Å². The lowest BCUT2D eigenvalue weighted by molar-refractivity contribution is 0.0398. The molecule has 0 amide bonds. The Labute approximate surface area is 172 Å². The number of rotatable bonds is 7. The minimum atomic E-state index is 0.335. The predicted molar refractivity (Wildman–Crippen MR) is 120 cm³/mol. The average molecular weight is 386 g/mol. The Kier molecular flexibility index (Phi) is 9.07. The third kappa shape index (κ3) is 5.39. The molecular weight excluding hydrogens is 346 g/mol. The molecule has 0 spiro atoms. The van der Waals surface area contributed by atoms with Crippen molar-refractivity contribution >= 4 is 0 Å². The van der Waals surface area contributed by atoms with Crippen LogP contribution in [0.4, 0.5) is 0 Å². The van der Waals surface area contributed by atoms with E-state index in [1.807, 2.05) is 51.2 Å². The highest BCUT2D eigenvalue weighted by atomic mass is 16.3. The SMILES string of the molecule is C=CC(=C\C)/C(/C=C(O)\C(=C\C)N1CCN(C2CCNCC2)[C@@H](CC)C1)=C/C. The number of nitrogens with zero attached hydrogens (tertiary/aromatic N) is 2. The molecule has 0 radical (unpaired) electrons. The van der Waals surface area contributed by atoms with Gasteiger partial charge < -0.3 is 15.3 Å². The van der Waals surface area contributed by atoms with Gasteiger partial charge in [0.15, 0.2) is 0 Å². The summed E-state index contributed by atoms with van der Waals surface area (Å²) in [5, 5.41) is 14.4. The second-order valence-corrected chi connectivity index (χ2v) is 7.62. The molecule has 0 aliphatic carbocycles. The third-order valence-corrected chi connectivity index (χ3v) is 6.12. The first kappa shape index (κ1) is 22.5. The van der Waals surface area contributed by atoms with Crippen LogP contribution in [-0.4, -0.2) is 59.7 Å². The molecule has 28 heavy (non-hydrogen) atoms. The summed E-state index contributed by atoms with van der Waals surface area (Å²) in [5.74, 6) is 0.335. The first-order valence-corrected chi connectivity index (χ1v) is 10.8. The molecule has 0 bridgehead atoms. The van der Waals surface area contributed by atoms with Gasteiger partial charge in [-0.1, -0.05) is 37.8 Å². The van der Waals surface area contributed by atoms with Gasteiger partial charge in [0.25, 0.3) is 0 Å². The molecule has 0 aromatic carbocycles. The fourth-order valence-electron chi connectivity index (χ4n) is 4.52. The summed E-state index contributed by atoms with van der Waals surface area (Å²) in [5.41, 5.74) is 2.96. The maximum atomic E-state index is 10.9. The van der Waals surface area contributed by atoms with E-state index in [4.69, 9.17) is 0 Å². The maximum absolute atomic E-state index is 10.9. The Morgan fingerprint density at radius 3 is 2.29 bits per heavy atom. The zero-order valence-electron chi connectivity index (χ0n) is 18.2. The fourth-order valence-corrected chi connectivity index (χ4v) is 4.52. The van der Waals surface area contributed by atoms with Gasteiger partial charge in [0.05, 0.1) is 5.70 Å². The first-order chi connectivity index (χ1) is 13.6. The molecule has 2 rings (SSSR count). The number of nitrogens with one attached hydrogen (secondary N) is 1. The summed E-state index contributed by atoms with van der Waals surface area (Å²) in [6, 6.07) is 1.24. The van der Waals surface area contributed by atoms with E-state index in [0.717, 1.165) is 56.0 Å². The van der Waals surface area contributed by atoms with Crippen LogP contribution in [0.15, 0.2) is 59.6 Å². The van der Waals surface area contributed by atoms with E-state index in [-0.39, 0.29) is 0 Å². The number of aliphatic hydroxyl groups excluding tert-OH is 1. The van der Waals surface area contributed by atoms with Gasteiger partial charge in [0.2, 0.25) is 0 Å². The van der Waals surface area contributed by atoms with Crippen molar-refractivity contribution in [3.63, 3.8) is 0 Å². The molecule has 2 fully saturated rings. The monoisotopic (exact) mass is 385 g/mol. The van der Waals surface area contributed by atoms with Gasteiger partial charge in [-0.2, -0.15) is 0 Å². The van der Waals surface area contributed by atoms with Crippen molar-refractivity contribution in [2.45, 2.75) is 59.0 Å². The molecule has 0 saturated carbocycles. The first-order valence-electron chi connectivity index (χ1n) is 10.8. The van der Waals surface area contributed by atoms with Crippen LogP contribution < -0.4 is 5.32 Å². The molecule has 2 aliphatic heterocycles. The van der Waals surface area contributed by atoms with E-state index < -0.39 is 0 Å². The molecule has 0 unspecified atom stereocenters. The highest BCUT2D eigenvalue weighted by Gasteiger charge is 2.32. The third-order valence-electron chi connectivity index (χ3n) is 6.12. The van der Waals surface area contributed by atoms with E-state index >= 15 is 0 Å². The van der Waals surface area contributed by atoms with E-state index in [1.165, 1.54) is 12.8 Å². The van der Waals surface area contributed by atoms with Gasteiger partial charge in [-0.05, 0) is 70.3 Å². The Bertz CT molecular complexity index is 638. The van der Waals surface area contributed by atoms with Crippen LogP contribution in [0.1, 0.15) is 47.0 Å². The Morgan fingerprint density at radius 2 is 1.75 bits per heavy atom. The number of hydrogen-bond acceptors (Lipinski definition) is 4. The van der Waals surface area contributed by atoms with E-state index in [0.29, 0.717) is 17.8 Å². The van der Waals surface area contributed by atoms with E-state index in [1.54, 1.807) is 0 Å². The quantitative estimate of drug-likeness (QED) is 0.498. The van der Waals surface area contributed by atoms with Gasteiger partial charge in [-0.25, -0.2) is 0 Å². The summed E-state index contributed by atoms with van der Waals surface area (Å²) < 4.78 is 0. The molecule has 2 saturated heterocycles. The normalized spacial score (nSPS) is 24.6. The summed E-state index contributed by atoms with van der Waals surface area (Å²) in [6.07, 6.45) is 13.4. The van der Waals surface area contributed by atoms with Gasteiger partial charge >= 0.3 is 0 Å². The van der Waals surface area contributed by atoms with Gasteiger partial charge in [-0.3, -0.25) is 4.90 Å². The maximum Gasteiger partial charge on any atom is 0.139 e. The van der Waals surface area contributed by atoms with Crippen LogP contribution in [0.2, 0.25) is 0 Å². The Hall–Kier alpha value is -1.78. The van der Waals surface area contributed by atoms with Crippen LogP contribution in [-0.2, 0) is 0 Å². The van der Waals surface area contributed by atoms with Crippen molar-refractivity contribution in [3.8, 4) is 0 Å². The predicted octanol–water partition coefficient (Wildman–Crippen LogP) is 4.56.